The van der Waals surface area contributed by atoms with Crippen LogP contribution in [0, 0.1) is 0 Å². The highest BCUT2D eigenvalue weighted by atomic mass is 35.5. The summed E-state index contributed by atoms with van der Waals surface area (Å²) in [5.74, 6) is 2.43. The van der Waals surface area contributed by atoms with Crippen LogP contribution in [0.25, 0.3) is 0 Å². The van der Waals surface area contributed by atoms with Crippen molar-refractivity contribution in [3.63, 3.8) is 0 Å². The molecule has 0 spiro atoms. The third kappa shape index (κ3) is 3.35. The minimum atomic E-state index is 0.263. The second-order valence-corrected chi connectivity index (χ2v) is 7.14. The van der Waals surface area contributed by atoms with Gasteiger partial charge in [-0.2, -0.15) is 26.7 Å². The van der Waals surface area contributed by atoms with Crippen molar-refractivity contribution >= 4 is 35.3 Å². The van der Waals surface area contributed by atoms with Gasteiger partial charge in [0.1, 0.15) is 0 Å². The lowest BCUT2D eigenvalue weighted by Gasteiger charge is -2.37. The fourth-order valence-corrected chi connectivity index (χ4v) is 3.83. The van der Waals surface area contributed by atoms with E-state index in [1.165, 1.54) is 0 Å². The zero-order valence-corrected chi connectivity index (χ0v) is 13.9. The van der Waals surface area contributed by atoms with Crippen LogP contribution in [0.4, 0.5) is 11.9 Å². The van der Waals surface area contributed by atoms with Crippen LogP contribution >= 0.6 is 23.4 Å². The number of hydrogen-bond donors (Lipinski definition) is 0. The predicted octanol–water partition coefficient (Wildman–Crippen LogP) is 1.69. The Bertz CT molecular complexity index is 499. The minimum Gasteiger partial charge on any atom is -0.378 e. The molecule has 3 rings (SSSR count). The zero-order chi connectivity index (χ0) is 14.8. The summed E-state index contributed by atoms with van der Waals surface area (Å²) in [6.45, 7) is 8.39. The van der Waals surface area contributed by atoms with Gasteiger partial charge in [0.25, 0.3) is 0 Å². The second kappa shape index (κ2) is 6.54. The van der Waals surface area contributed by atoms with Crippen molar-refractivity contribution in [1.82, 2.24) is 15.0 Å². The van der Waals surface area contributed by atoms with Crippen molar-refractivity contribution in [1.29, 1.82) is 0 Å². The monoisotopic (exact) mass is 329 g/mol. The Hall–Kier alpha value is -0.790. The third-order valence-electron chi connectivity index (χ3n) is 4.02. The molecule has 2 fully saturated rings. The average Bonchev–Trinajstić information content (AvgIpc) is 2.50. The summed E-state index contributed by atoms with van der Waals surface area (Å²) < 4.78 is 5.37. The average molecular weight is 330 g/mol. The molecule has 2 unspecified atom stereocenters. The first-order valence-electron chi connectivity index (χ1n) is 7.27. The highest BCUT2D eigenvalue weighted by molar-refractivity contribution is 8.00. The Morgan fingerprint density at radius 3 is 2.57 bits per heavy atom. The van der Waals surface area contributed by atoms with E-state index in [2.05, 4.69) is 38.6 Å². The van der Waals surface area contributed by atoms with E-state index < -0.39 is 0 Å². The summed E-state index contributed by atoms with van der Waals surface area (Å²) in [7, 11) is 0. The molecule has 2 aliphatic rings. The van der Waals surface area contributed by atoms with Crippen LogP contribution in [-0.4, -0.2) is 64.8 Å². The maximum Gasteiger partial charge on any atom is 0.231 e. The van der Waals surface area contributed by atoms with Crippen LogP contribution in [0.3, 0.4) is 0 Å². The standard InChI is InChI=1S/C13H20ClN5OS/c1-9-10(2)21-8-5-19(9)13-16-11(14)15-12(17-13)18-3-6-20-7-4-18/h9-10H,3-8H2,1-2H3. The molecule has 6 nitrogen and oxygen atoms in total. The number of thioether (sulfide) groups is 1. The van der Waals surface area contributed by atoms with E-state index in [9.17, 15) is 0 Å². The van der Waals surface area contributed by atoms with Gasteiger partial charge in [0.2, 0.25) is 17.2 Å². The number of morpholine rings is 1. The Labute approximate surface area is 134 Å². The van der Waals surface area contributed by atoms with Crippen molar-refractivity contribution in [3.8, 4) is 0 Å². The van der Waals surface area contributed by atoms with E-state index in [4.69, 9.17) is 16.3 Å². The van der Waals surface area contributed by atoms with E-state index in [1.807, 2.05) is 11.8 Å². The van der Waals surface area contributed by atoms with Gasteiger partial charge in [-0.25, -0.2) is 0 Å². The van der Waals surface area contributed by atoms with E-state index >= 15 is 0 Å². The minimum absolute atomic E-state index is 0.263. The zero-order valence-electron chi connectivity index (χ0n) is 12.3. The van der Waals surface area contributed by atoms with Crippen molar-refractivity contribution in [2.45, 2.75) is 25.1 Å². The number of hydrogen-bond acceptors (Lipinski definition) is 7. The van der Waals surface area contributed by atoms with Gasteiger partial charge in [0, 0.05) is 36.7 Å². The molecule has 0 N–H and O–H groups in total. The normalized spacial score (nSPS) is 27.0. The molecule has 1 aromatic heterocycles. The molecular formula is C13H20ClN5OS. The maximum absolute atomic E-state index is 6.12. The fraction of sp³-hybridized carbons (Fsp3) is 0.769. The van der Waals surface area contributed by atoms with Crippen LogP contribution in [0.5, 0.6) is 0 Å². The predicted molar refractivity (Wildman–Crippen MR) is 86.6 cm³/mol. The van der Waals surface area contributed by atoms with Crippen LogP contribution in [0.2, 0.25) is 5.28 Å². The first-order chi connectivity index (χ1) is 10.1. The molecule has 8 heteroatoms. The molecule has 0 saturated carbocycles. The Kier molecular flexibility index (Phi) is 4.71. The maximum atomic E-state index is 6.12. The molecular weight excluding hydrogens is 310 g/mol. The quantitative estimate of drug-likeness (QED) is 0.818. The van der Waals surface area contributed by atoms with Gasteiger partial charge in [-0.3, -0.25) is 0 Å². The lowest BCUT2D eigenvalue weighted by molar-refractivity contribution is 0.122. The summed E-state index contributed by atoms with van der Waals surface area (Å²) in [4.78, 5) is 17.6. The summed E-state index contributed by atoms with van der Waals surface area (Å²) in [6, 6.07) is 0.389. The lowest BCUT2D eigenvalue weighted by atomic mass is 10.2. The molecule has 0 amide bonds. The molecule has 0 bridgehead atoms. The Morgan fingerprint density at radius 1 is 1.10 bits per heavy atom. The fourth-order valence-electron chi connectivity index (χ4n) is 2.58. The molecule has 0 radical (unpaired) electrons. The number of halogens is 1. The van der Waals surface area contributed by atoms with Crippen molar-refractivity contribution in [3.05, 3.63) is 5.28 Å². The Morgan fingerprint density at radius 2 is 1.81 bits per heavy atom. The topological polar surface area (TPSA) is 54.4 Å². The molecule has 2 aliphatic heterocycles. The molecule has 2 atom stereocenters. The van der Waals surface area contributed by atoms with Gasteiger partial charge < -0.3 is 14.5 Å². The highest BCUT2D eigenvalue weighted by Gasteiger charge is 2.28. The van der Waals surface area contributed by atoms with Gasteiger partial charge in [-0.1, -0.05) is 6.92 Å². The highest BCUT2D eigenvalue weighted by Crippen LogP contribution is 2.28. The molecule has 2 saturated heterocycles. The van der Waals surface area contributed by atoms with Gasteiger partial charge in [0.15, 0.2) is 0 Å². The van der Waals surface area contributed by atoms with Gasteiger partial charge in [-0.05, 0) is 18.5 Å². The van der Waals surface area contributed by atoms with Crippen LogP contribution in [0.15, 0.2) is 0 Å². The molecule has 0 aromatic carbocycles. The molecule has 116 valence electrons. The summed E-state index contributed by atoms with van der Waals surface area (Å²) >= 11 is 8.11. The first-order valence-corrected chi connectivity index (χ1v) is 8.70. The number of aromatic nitrogens is 3. The molecule has 1 aromatic rings. The first kappa shape index (κ1) is 15.1. The number of rotatable bonds is 2. The number of ether oxygens (including phenoxy) is 1. The largest absolute Gasteiger partial charge is 0.378 e. The molecule has 3 heterocycles. The number of anilines is 2. The van der Waals surface area contributed by atoms with Gasteiger partial charge >= 0.3 is 0 Å². The van der Waals surface area contributed by atoms with Gasteiger partial charge in [-0.15, -0.1) is 0 Å². The second-order valence-electron chi connectivity index (χ2n) is 5.31. The van der Waals surface area contributed by atoms with E-state index in [0.717, 1.165) is 25.4 Å². The third-order valence-corrected chi connectivity index (χ3v) is 5.53. The molecule has 0 aliphatic carbocycles. The Balaban J connectivity index is 1.86. The summed E-state index contributed by atoms with van der Waals surface area (Å²) in [5, 5.41) is 0.820. The molecule has 21 heavy (non-hydrogen) atoms. The van der Waals surface area contributed by atoms with Crippen molar-refractivity contribution < 1.29 is 4.74 Å². The summed E-state index contributed by atoms with van der Waals surface area (Å²) in [6.07, 6.45) is 0. The SMILES string of the molecule is CC1SCCN(c2nc(Cl)nc(N3CCOCC3)n2)C1C. The van der Waals surface area contributed by atoms with Crippen LogP contribution < -0.4 is 9.80 Å². The summed E-state index contributed by atoms with van der Waals surface area (Å²) in [5.41, 5.74) is 0. The lowest BCUT2D eigenvalue weighted by Crippen LogP contribution is -2.46. The van der Waals surface area contributed by atoms with E-state index in [-0.39, 0.29) is 5.28 Å². The van der Waals surface area contributed by atoms with Crippen molar-refractivity contribution in [2.75, 3.05) is 48.4 Å². The van der Waals surface area contributed by atoms with E-state index in [0.29, 0.717) is 36.4 Å². The van der Waals surface area contributed by atoms with Crippen LogP contribution in [0.1, 0.15) is 13.8 Å². The van der Waals surface area contributed by atoms with Gasteiger partial charge in [0.05, 0.1) is 13.2 Å². The number of nitrogens with zero attached hydrogens (tertiary/aromatic N) is 5. The smallest absolute Gasteiger partial charge is 0.231 e. The van der Waals surface area contributed by atoms with Crippen LogP contribution in [-0.2, 0) is 4.74 Å². The van der Waals surface area contributed by atoms with Crippen molar-refractivity contribution in [2.24, 2.45) is 0 Å². The van der Waals surface area contributed by atoms with E-state index in [1.54, 1.807) is 0 Å².